The van der Waals surface area contributed by atoms with Gasteiger partial charge in [-0.25, -0.2) is 0 Å². The van der Waals surface area contributed by atoms with Crippen LogP contribution in [0.2, 0.25) is 5.02 Å². The molecule has 0 aliphatic rings. The molecule has 1 aromatic carbocycles. The number of hydrogen-bond acceptors (Lipinski definition) is 3. The van der Waals surface area contributed by atoms with Gasteiger partial charge in [-0.1, -0.05) is 17.7 Å². The summed E-state index contributed by atoms with van der Waals surface area (Å²) in [6.07, 6.45) is 3.38. The molecule has 0 bridgehead atoms. The van der Waals surface area contributed by atoms with Crippen LogP contribution >= 0.6 is 11.6 Å². The second-order valence-corrected chi connectivity index (χ2v) is 5.46. The lowest BCUT2D eigenvalue weighted by atomic mass is 10.1. The highest BCUT2D eigenvalue weighted by Crippen LogP contribution is 2.24. The summed E-state index contributed by atoms with van der Waals surface area (Å²) in [7, 11) is 0. The highest BCUT2D eigenvalue weighted by atomic mass is 35.5. The van der Waals surface area contributed by atoms with E-state index in [4.69, 9.17) is 11.6 Å². The van der Waals surface area contributed by atoms with Crippen molar-refractivity contribution < 1.29 is 4.79 Å². The van der Waals surface area contributed by atoms with Crippen LogP contribution in [-0.2, 0) is 0 Å². The van der Waals surface area contributed by atoms with Gasteiger partial charge in [-0.15, -0.1) is 0 Å². The first kappa shape index (κ1) is 14.5. The van der Waals surface area contributed by atoms with Gasteiger partial charge in [0.15, 0.2) is 0 Å². The molecule has 4 nitrogen and oxygen atoms in total. The summed E-state index contributed by atoms with van der Waals surface area (Å²) in [6, 6.07) is 9.05. The third kappa shape index (κ3) is 2.65. The maximum Gasteiger partial charge on any atom is 0.257 e. The summed E-state index contributed by atoms with van der Waals surface area (Å²) < 4.78 is 0. The molecule has 0 aliphatic carbocycles. The Morgan fingerprint density at radius 2 is 2.05 bits per heavy atom. The number of aromatic nitrogens is 2. The summed E-state index contributed by atoms with van der Waals surface area (Å²) in [4.78, 5) is 21.0. The van der Waals surface area contributed by atoms with Crippen molar-refractivity contribution in [2.75, 3.05) is 5.32 Å². The number of carbonyl (C=O) groups is 1. The van der Waals surface area contributed by atoms with E-state index in [1.54, 1.807) is 30.6 Å². The highest BCUT2D eigenvalue weighted by Gasteiger charge is 2.13. The number of benzene rings is 1. The van der Waals surface area contributed by atoms with Gasteiger partial charge < -0.3 is 5.32 Å². The predicted octanol–water partition coefficient (Wildman–Crippen LogP) is 4.15. The number of aryl methyl sites for hydroxylation is 1. The normalized spacial score (nSPS) is 10.7. The Kier molecular flexibility index (Phi) is 3.77. The van der Waals surface area contributed by atoms with E-state index < -0.39 is 0 Å². The van der Waals surface area contributed by atoms with Crippen LogP contribution in [0.25, 0.3) is 10.9 Å². The van der Waals surface area contributed by atoms with Crippen LogP contribution in [-0.4, -0.2) is 15.9 Å². The SMILES string of the molecule is Cc1nc2ccncc2cc1C(=O)Nc1cccc(Cl)c1C. The molecule has 3 aromatic rings. The first-order chi connectivity index (χ1) is 10.6. The third-order valence-electron chi connectivity index (χ3n) is 3.57. The Labute approximate surface area is 133 Å². The molecule has 2 heterocycles. The Bertz CT molecular complexity index is 877. The van der Waals surface area contributed by atoms with Crippen LogP contribution in [0, 0.1) is 13.8 Å². The van der Waals surface area contributed by atoms with E-state index in [-0.39, 0.29) is 5.91 Å². The number of hydrogen-bond donors (Lipinski definition) is 1. The molecular weight excluding hydrogens is 298 g/mol. The molecule has 0 saturated heterocycles. The van der Waals surface area contributed by atoms with E-state index in [9.17, 15) is 4.79 Å². The maximum absolute atomic E-state index is 12.5. The molecule has 3 rings (SSSR count). The van der Waals surface area contributed by atoms with Crippen molar-refractivity contribution in [3.8, 4) is 0 Å². The minimum absolute atomic E-state index is 0.207. The molecule has 0 radical (unpaired) electrons. The number of nitrogens with one attached hydrogen (secondary N) is 1. The predicted molar refractivity (Wildman–Crippen MR) is 88.4 cm³/mol. The third-order valence-corrected chi connectivity index (χ3v) is 3.98. The first-order valence-corrected chi connectivity index (χ1v) is 7.22. The van der Waals surface area contributed by atoms with Crippen LogP contribution in [0.5, 0.6) is 0 Å². The number of halogens is 1. The van der Waals surface area contributed by atoms with Crippen LogP contribution in [0.3, 0.4) is 0 Å². The van der Waals surface area contributed by atoms with Crippen molar-refractivity contribution >= 4 is 34.1 Å². The molecule has 2 aromatic heterocycles. The zero-order chi connectivity index (χ0) is 15.7. The average Bonchev–Trinajstić information content (AvgIpc) is 2.51. The molecule has 1 N–H and O–H groups in total. The maximum atomic E-state index is 12.5. The van der Waals surface area contributed by atoms with E-state index >= 15 is 0 Å². The number of anilines is 1. The van der Waals surface area contributed by atoms with E-state index in [0.717, 1.165) is 16.5 Å². The second kappa shape index (κ2) is 5.73. The van der Waals surface area contributed by atoms with Crippen molar-refractivity contribution in [1.29, 1.82) is 0 Å². The van der Waals surface area contributed by atoms with Crippen molar-refractivity contribution in [1.82, 2.24) is 9.97 Å². The Hall–Kier alpha value is -2.46. The van der Waals surface area contributed by atoms with Crippen LogP contribution in [0.1, 0.15) is 21.6 Å². The number of fused-ring (bicyclic) bond motifs is 1. The smallest absolute Gasteiger partial charge is 0.257 e. The minimum Gasteiger partial charge on any atom is -0.322 e. The van der Waals surface area contributed by atoms with Crippen LogP contribution < -0.4 is 5.32 Å². The molecule has 0 spiro atoms. The van der Waals surface area contributed by atoms with E-state index in [0.29, 0.717) is 22.0 Å². The number of amides is 1. The molecule has 0 atom stereocenters. The van der Waals surface area contributed by atoms with Crippen LogP contribution in [0.15, 0.2) is 42.7 Å². The molecule has 1 amide bonds. The van der Waals surface area contributed by atoms with E-state index in [1.807, 2.05) is 26.0 Å². The first-order valence-electron chi connectivity index (χ1n) is 6.84. The van der Waals surface area contributed by atoms with Crippen LogP contribution in [0.4, 0.5) is 5.69 Å². The van der Waals surface area contributed by atoms with E-state index in [2.05, 4.69) is 15.3 Å². The fraction of sp³-hybridized carbons (Fsp3) is 0.118. The molecular formula is C17H14ClN3O. The van der Waals surface area contributed by atoms with Crippen molar-refractivity contribution in [2.45, 2.75) is 13.8 Å². The fourth-order valence-electron chi connectivity index (χ4n) is 2.28. The van der Waals surface area contributed by atoms with Gasteiger partial charge in [0.05, 0.1) is 16.8 Å². The van der Waals surface area contributed by atoms with E-state index in [1.165, 1.54) is 0 Å². The van der Waals surface area contributed by atoms with Gasteiger partial charge in [-0.2, -0.15) is 0 Å². The molecule has 5 heteroatoms. The summed E-state index contributed by atoms with van der Waals surface area (Å²) in [5.41, 5.74) is 3.56. The summed E-state index contributed by atoms with van der Waals surface area (Å²) >= 11 is 6.08. The zero-order valence-electron chi connectivity index (χ0n) is 12.2. The molecule has 0 saturated carbocycles. The highest BCUT2D eigenvalue weighted by molar-refractivity contribution is 6.31. The Morgan fingerprint density at radius 3 is 2.86 bits per heavy atom. The van der Waals surface area contributed by atoms with Crippen molar-refractivity contribution in [3.05, 3.63) is 64.6 Å². The van der Waals surface area contributed by atoms with Crippen molar-refractivity contribution in [3.63, 3.8) is 0 Å². The van der Waals surface area contributed by atoms with Gasteiger partial charge in [-0.3, -0.25) is 14.8 Å². The Morgan fingerprint density at radius 1 is 1.23 bits per heavy atom. The largest absolute Gasteiger partial charge is 0.322 e. The quantitative estimate of drug-likeness (QED) is 0.773. The van der Waals surface area contributed by atoms with Gasteiger partial charge in [0.2, 0.25) is 0 Å². The fourth-order valence-corrected chi connectivity index (χ4v) is 2.45. The number of pyridine rings is 2. The monoisotopic (exact) mass is 311 g/mol. The lowest BCUT2D eigenvalue weighted by Crippen LogP contribution is -2.15. The lowest BCUT2D eigenvalue weighted by Gasteiger charge is -2.11. The number of nitrogens with zero attached hydrogens (tertiary/aromatic N) is 2. The molecule has 0 aliphatic heterocycles. The number of rotatable bonds is 2. The molecule has 0 fully saturated rings. The second-order valence-electron chi connectivity index (χ2n) is 5.06. The molecule has 0 unspecified atom stereocenters. The molecule has 110 valence electrons. The summed E-state index contributed by atoms with van der Waals surface area (Å²) in [5, 5.41) is 4.34. The standard InChI is InChI=1S/C17H14ClN3O/c1-10-14(18)4-3-5-15(10)21-17(22)13-8-12-9-19-7-6-16(12)20-11(13)2/h3-9H,1-2H3,(H,21,22). The van der Waals surface area contributed by atoms with Crippen molar-refractivity contribution in [2.24, 2.45) is 0 Å². The summed E-state index contributed by atoms with van der Waals surface area (Å²) in [5.74, 6) is -0.207. The lowest BCUT2D eigenvalue weighted by molar-refractivity contribution is 0.102. The topological polar surface area (TPSA) is 54.9 Å². The summed E-state index contributed by atoms with van der Waals surface area (Å²) in [6.45, 7) is 3.69. The average molecular weight is 312 g/mol. The Balaban J connectivity index is 1.98. The van der Waals surface area contributed by atoms with Gasteiger partial charge in [0, 0.05) is 28.5 Å². The van der Waals surface area contributed by atoms with Gasteiger partial charge in [-0.05, 0) is 43.7 Å². The van der Waals surface area contributed by atoms with Gasteiger partial charge in [0.1, 0.15) is 0 Å². The van der Waals surface area contributed by atoms with Gasteiger partial charge >= 0.3 is 0 Å². The molecule has 22 heavy (non-hydrogen) atoms. The zero-order valence-corrected chi connectivity index (χ0v) is 13.0. The minimum atomic E-state index is -0.207. The van der Waals surface area contributed by atoms with Gasteiger partial charge in [0.25, 0.3) is 5.91 Å². The number of carbonyl (C=O) groups excluding carboxylic acids is 1.